The van der Waals surface area contributed by atoms with E-state index in [4.69, 9.17) is 10.5 Å². The van der Waals surface area contributed by atoms with Gasteiger partial charge in [-0.25, -0.2) is 4.68 Å². The Balaban J connectivity index is 1.94. The molecule has 0 unspecified atom stereocenters. The molecule has 2 aromatic rings. The third-order valence-electron chi connectivity index (χ3n) is 2.20. The second kappa shape index (κ2) is 5.16. The smallest absolute Gasteiger partial charge is 0.266 e. The van der Waals surface area contributed by atoms with E-state index in [9.17, 15) is 4.79 Å². The van der Waals surface area contributed by atoms with Gasteiger partial charge in [0.05, 0.1) is 6.54 Å². The number of para-hydroxylation sites is 1. The van der Waals surface area contributed by atoms with Gasteiger partial charge in [-0.3, -0.25) is 4.79 Å². The normalized spacial score (nSPS) is 10.1. The number of hydrogen-bond donors (Lipinski definition) is 1. The summed E-state index contributed by atoms with van der Waals surface area (Å²) in [5.41, 5.74) is 5.31. The average molecular weight is 231 g/mol. The van der Waals surface area contributed by atoms with Gasteiger partial charge in [0.1, 0.15) is 18.2 Å². The quantitative estimate of drug-likeness (QED) is 0.848. The maximum atomic E-state index is 11.4. The van der Waals surface area contributed by atoms with Crippen LogP contribution in [0.25, 0.3) is 0 Å². The molecule has 2 rings (SSSR count). The molecule has 0 aliphatic heterocycles. The highest BCUT2D eigenvalue weighted by molar-refractivity contribution is 5.23. The van der Waals surface area contributed by atoms with Crippen molar-refractivity contribution in [1.82, 2.24) is 9.78 Å². The van der Waals surface area contributed by atoms with E-state index in [1.54, 1.807) is 0 Å². The van der Waals surface area contributed by atoms with Crippen molar-refractivity contribution in [2.45, 2.75) is 6.54 Å². The minimum absolute atomic E-state index is 0.184. The molecule has 0 spiro atoms. The van der Waals surface area contributed by atoms with Gasteiger partial charge in [0.25, 0.3) is 5.56 Å². The van der Waals surface area contributed by atoms with Crippen molar-refractivity contribution in [3.8, 4) is 5.75 Å². The number of aromatic nitrogens is 2. The van der Waals surface area contributed by atoms with Crippen molar-refractivity contribution >= 4 is 5.82 Å². The summed E-state index contributed by atoms with van der Waals surface area (Å²) < 4.78 is 6.75. The molecule has 0 bridgehead atoms. The molecule has 88 valence electrons. The van der Waals surface area contributed by atoms with E-state index in [1.165, 1.54) is 16.8 Å². The molecule has 5 heteroatoms. The van der Waals surface area contributed by atoms with E-state index in [2.05, 4.69) is 5.10 Å². The Labute approximate surface area is 98.5 Å². The predicted octanol–water partition coefficient (Wildman–Crippen LogP) is 0.904. The fourth-order valence-corrected chi connectivity index (χ4v) is 1.39. The van der Waals surface area contributed by atoms with Crippen LogP contribution in [0.15, 0.2) is 47.3 Å². The molecule has 0 radical (unpaired) electrons. The van der Waals surface area contributed by atoms with Crippen LogP contribution < -0.4 is 16.0 Å². The lowest BCUT2D eigenvalue weighted by atomic mass is 10.3. The van der Waals surface area contributed by atoms with Crippen molar-refractivity contribution in [2.24, 2.45) is 0 Å². The number of ether oxygens (including phenoxy) is 1. The summed E-state index contributed by atoms with van der Waals surface area (Å²) in [7, 11) is 0. The molecule has 1 heterocycles. The Hall–Kier alpha value is -2.30. The highest BCUT2D eigenvalue weighted by atomic mass is 16.5. The number of nitrogens with two attached hydrogens (primary N) is 1. The summed E-state index contributed by atoms with van der Waals surface area (Å²) in [6, 6.07) is 12.3. The number of nitrogen functional groups attached to an aromatic ring is 1. The van der Waals surface area contributed by atoms with Gasteiger partial charge >= 0.3 is 0 Å². The minimum Gasteiger partial charge on any atom is -0.492 e. The first kappa shape index (κ1) is 11.2. The number of rotatable bonds is 4. The van der Waals surface area contributed by atoms with Gasteiger partial charge in [-0.1, -0.05) is 18.2 Å². The fourth-order valence-electron chi connectivity index (χ4n) is 1.39. The highest BCUT2D eigenvalue weighted by Crippen LogP contribution is 2.07. The monoisotopic (exact) mass is 231 g/mol. The van der Waals surface area contributed by atoms with E-state index in [0.717, 1.165) is 5.75 Å². The second-order valence-corrected chi connectivity index (χ2v) is 3.48. The molecule has 0 aliphatic rings. The van der Waals surface area contributed by atoms with Crippen molar-refractivity contribution in [3.63, 3.8) is 0 Å². The van der Waals surface area contributed by atoms with Crippen LogP contribution in [0.3, 0.4) is 0 Å². The molecular weight excluding hydrogens is 218 g/mol. The first-order chi connectivity index (χ1) is 8.25. The summed E-state index contributed by atoms with van der Waals surface area (Å²) in [6.07, 6.45) is 0. The lowest BCUT2D eigenvalue weighted by Crippen LogP contribution is -2.25. The van der Waals surface area contributed by atoms with Crippen molar-refractivity contribution in [2.75, 3.05) is 12.3 Å². The van der Waals surface area contributed by atoms with Crippen LogP contribution in [0.4, 0.5) is 5.82 Å². The predicted molar refractivity (Wildman–Crippen MR) is 64.8 cm³/mol. The number of hydrogen-bond acceptors (Lipinski definition) is 4. The SMILES string of the molecule is Nc1ccc(=O)n(CCOc2ccccc2)n1. The zero-order valence-corrected chi connectivity index (χ0v) is 9.24. The summed E-state index contributed by atoms with van der Waals surface area (Å²) in [5.74, 6) is 1.09. The molecule has 0 saturated heterocycles. The Morgan fingerprint density at radius 1 is 1.18 bits per heavy atom. The lowest BCUT2D eigenvalue weighted by molar-refractivity contribution is 0.288. The third-order valence-corrected chi connectivity index (χ3v) is 2.20. The molecule has 0 saturated carbocycles. The molecule has 5 nitrogen and oxygen atoms in total. The van der Waals surface area contributed by atoms with E-state index in [1.807, 2.05) is 30.3 Å². The first-order valence-corrected chi connectivity index (χ1v) is 5.27. The van der Waals surface area contributed by atoms with E-state index < -0.39 is 0 Å². The molecular formula is C12H13N3O2. The fraction of sp³-hybridized carbons (Fsp3) is 0.167. The molecule has 17 heavy (non-hydrogen) atoms. The van der Waals surface area contributed by atoms with Gasteiger partial charge in [-0.05, 0) is 18.2 Å². The summed E-state index contributed by atoms with van der Waals surface area (Å²) in [6.45, 7) is 0.749. The Morgan fingerprint density at radius 2 is 1.94 bits per heavy atom. The molecule has 0 aliphatic carbocycles. The topological polar surface area (TPSA) is 70.1 Å². The summed E-state index contributed by atoms with van der Waals surface area (Å²) in [5, 5.41) is 3.91. The number of nitrogens with zero attached hydrogens (tertiary/aromatic N) is 2. The Morgan fingerprint density at radius 3 is 2.71 bits per heavy atom. The van der Waals surface area contributed by atoms with E-state index in [0.29, 0.717) is 19.0 Å². The Kier molecular flexibility index (Phi) is 3.40. The summed E-state index contributed by atoms with van der Waals surface area (Å²) >= 11 is 0. The standard InChI is InChI=1S/C12H13N3O2/c13-11-6-7-12(16)15(14-11)8-9-17-10-4-2-1-3-5-10/h1-7H,8-9H2,(H2,13,14). The third kappa shape index (κ3) is 3.07. The van der Waals surface area contributed by atoms with Crippen molar-refractivity contribution in [1.29, 1.82) is 0 Å². The number of benzene rings is 1. The molecule has 1 aromatic heterocycles. The lowest BCUT2D eigenvalue weighted by Gasteiger charge is -2.07. The van der Waals surface area contributed by atoms with Gasteiger partial charge in [0.15, 0.2) is 0 Å². The van der Waals surface area contributed by atoms with Crippen LogP contribution in [-0.2, 0) is 6.54 Å². The van der Waals surface area contributed by atoms with Crippen LogP contribution in [0, 0.1) is 0 Å². The molecule has 0 amide bonds. The molecule has 0 atom stereocenters. The van der Waals surface area contributed by atoms with Crippen LogP contribution in [-0.4, -0.2) is 16.4 Å². The molecule has 2 N–H and O–H groups in total. The van der Waals surface area contributed by atoms with Gasteiger partial charge in [-0.15, -0.1) is 0 Å². The van der Waals surface area contributed by atoms with Crippen molar-refractivity contribution < 1.29 is 4.74 Å². The number of anilines is 1. The van der Waals surface area contributed by atoms with E-state index in [-0.39, 0.29) is 5.56 Å². The van der Waals surface area contributed by atoms with Crippen LogP contribution in [0.5, 0.6) is 5.75 Å². The van der Waals surface area contributed by atoms with E-state index >= 15 is 0 Å². The maximum absolute atomic E-state index is 11.4. The zero-order chi connectivity index (χ0) is 12.1. The molecule has 1 aromatic carbocycles. The first-order valence-electron chi connectivity index (χ1n) is 5.27. The molecule has 0 fully saturated rings. The minimum atomic E-state index is -0.184. The Bertz CT molecular complexity index is 537. The highest BCUT2D eigenvalue weighted by Gasteiger charge is 1.98. The maximum Gasteiger partial charge on any atom is 0.266 e. The van der Waals surface area contributed by atoms with Crippen LogP contribution in [0.1, 0.15) is 0 Å². The van der Waals surface area contributed by atoms with Gasteiger partial charge in [0, 0.05) is 6.07 Å². The summed E-state index contributed by atoms with van der Waals surface area (Å²) in [4.78, 5) is 11.4. The van der Waals surface area contributed by atoms with Crippen molar-refractivity contribution in [3.05, 3.63) is 52.8 Å². The van der Waals surface area contributed by atoms with Gasteiger partial charge < -0.3 is 10.5 Å². The zero-order valence-electron chi connectivity index (χ0n) is 9.24. The van der Waals surface area contributed by atoms with Crippen LogP contribution in [0.2, 0.25) is 0 Å². The van der Waals surface area contributed by atoms with Crippen LogP contribution >= 0.6 is 0 Å². The second-order valence-electron chi connectivity index (χ2n) is 3.48. The largest absolute Gasteiger partial charge is 0.492 e. The van der Waals surface area contributed by atoms with Gasteiger partial charge in [-0.2, -0.15) is 5.10 Å². The average Bonchev–Trinajstić information content (AvgIpc) is 2.35. The van der Waals surface area contributed by atoms with Gasteiger partial charge in [0.2, 0.25) is 0 Å².